The van der Waals surface area contributed by atoms with Gasteiger partial charge in [0, 0.05) is 17.3 Å². The molecule has 0 bridgehead atoms. The molecule has 1 N–H and O–H groups in total. The molecular weight excluding hydrogens is 579 g/mol. The summed E-state index contributed by atoms with van der Waals surface area (Å²) in [5.41, 5.74) is 6.80. The fourth-order valence-electron chi connectivity index (χ4n) is 13.6. The molecule has 47 heavy (non-hydrogen) atoms. The highest BCUT2D eigenvalue weighted by molar-refractivity contribution is 6.00. The topological polar surface area (TPSA) is 37.3 Å². The van der Waals surface area contributed by atoms with E-state index in [9.17, 15) is 14.3 Å². The monoisotopic (exact) mass is 640 g/mol. The van der Waals surface area contributed by atoms with Crippen LogP contribution in [0.1, 0.15) is 125 Å². The second kappa shape index (κ2) is 11.3. The minimum Gasteiger partial charge on any atom is -0.395 e. The number of allylic oxidation sites excluding steroid dienone is 5. The molecule has 8 atom stereocenters. The molecule has 3 fully saturated rings. The van der Waals surface area contributed by atoms with Gasteiger partial charge in [0.2, 0.25) is 0 Å². The first-order valence-corrected chi connectivity index (χ1v) is 19.1. The normalized spacial score (nSPS) is 42.7. The van der Waals surface area contributed by atoms with Crippen molar-refractivity contribution < 1.29 is 14.3 Å². The van der Waals surface area contributed by atoms with Gasteiger partial charge in [-0.2, -0.15) is 0 Å². The van der Waals surface area contributed by atoms with Gasteiger partial charge in [0.15, 0.2) is 5.78 Å². The van der Waals surface area contributed by atoms with Crippen LogP contribution in [0.15, 0.2) is 64.8 Å². The highest BCUT2D eigenvalue weighted by Crippen LogP contribution is 2.76. The summed E-state index contributed by atoms with van der Waals surface area (Å²) in [5, 5.41) is 10.8. The van der Waals surface area contributed by atoms with Crippen molar-refractivity contribution >= 4 is 5.78 Å². The molecule has 2 nitrogen and oxygen atoms in total. The van der Waals surface area contributed by atoms with Gasteiger partial charge in [-0.25, -0.2) is 0 Å². The van der Waals surface area contributed by atoms with Crippen molar-refractivity contribution in [3.05, 3.63) is 70.3 Å². The molecule has 1 aromatic carbocycles. The molecule has 0 saturated heterocycles. The number of halogens is 1. The number of Topliss-reactive ketones (excluding diaryl/α,β-unsaturated/α-hetero) is 1. The van der Waals surface area contributed by atoms with Crippen LogP contribution >= 0.6 is 0 Å². The Morgan fingerprint density at radius 3 is 2.26 bits per heavy atom. The van der Waals surface area contributed by atoms with Crippen molar-refractivity contribution in [1.29, 1.82) is 0 Å². The smallest absolute Gasteiger partial charge is 0.160 e. The minimum atomic E-state index is -0.315. The average Bonchev–Trinajstić information content (AvgIpc) is 3.35. The third kappa shape index (κ3) is 4.66. The van der Waals surface area contributed by atoms with Crippen LogP contribution in [0.2, 0.25) is 0 Å². The maximum Gasteiger partial charge on any atom is 0.160 e. The molecule has 0 heterocycles. The van der Waals surface area contributed by atoms with Crippen LogP contribution in [-0.4, -0.2) is 24.2 Å². The second-order valence-corrected chi connectivity index (χ2v) is 18.9. The van der Waals surface area contributed by atoms with Gasteiger partial charge in [0.25, 0.3) is 0 Å². The standard InChI is InChI=1S/C44H61FO2/c1-29(2)37-34(47)26-44(28-46)24-23-41(6)33(38(37)44)13-14-36-40(5)19-17-32(39(3,4)35(40)18-20-42(36,41)7)31-15-21-43(27-45,22-16-31)25-30-11-9-8-10-12-30/h8-12,15,17,29,33,35-36,46H,13-14,16,18-28H2,1-7H3/t33-,35+,36-,40+,41-,42-,43-,44+/m1/s1. The van der Waals surface area contributed by atoms with E-state index in [1.165, 1.54) is 36.0 Å². The molecule has 3 saturated carbocycles. The maximum absolute atomic E-state index is 14.7. The number of alkyl halides is 1. The lowest BCUT2D eigenvalue weighted by molar-refractivity contribution is -0.199. The van der Waals surface area contributed by atoms with Crippen molar-refractivity contribution in [2.75, 3.05) is 13.3 Å². The summed E-state index contributed by atoms with van der Waals surface area (Å²) in [6.45, 7) is 17.2. The molecule has 0 aliphatic heterocycles. The van der Waals surface area contributed by atoms with Gasteiger partial charge >= 0.3 is 0 Å². The number of hydrogen-bond acceptors (Lipinski definition) is 2. The van der Waals surface area contributed by atoms with Crippen LogP contribution in [0.4, 0.5) is 4.39 Å². The molecule has 0 aromatic heterocycles. The zero-order chi connectivity index (χ0) is 33.6. The van der Waals surface area contributed by atoms with Crippen molar-refractivity contribution in [2.24, 2.45) is 56.2 Å². The maximum atomic E-state index is 14.7. The van der Waals surface area contributed by atoms with Crippen molar-refractivity contribution in [2.45, 2.75) is 126 Å². The van der Waals surface area contributed by atoms with E-state index in [0.717, 1.165) is 56.9 Å². The number of fused-ring (bicyclic) bond motifs is 7. The fraction of sp³-hybridized carbons (Fsp3) is 0.705. The lowest BCUT2D eigenvalue weighted by atomic mass is 9.33. The summed E-state index contributed by atoms with van der Waals surface area (Å²) in [4.78, 5) is 13.5. The zero-order valence-corrected chi connectivity index (χ0v) is 30.5. The largest absolute Gasteiger partial charge is 0.395 e. The summed E-state index contributed by atoms with van der Waals surface area (Å²) >= 11 is 0. The Morgan fingerprint density at radius 2 is 1.62 bits per heavy atom. The zero-order valence-electron chi connectivity index (χ0n) is 30.5. The number of aliphatic hydroxyl groups excluding tert-OH is 1. The van der Waals surface area contributed by atoms with Gasteiger partial charge in [-0.3, -0.25) is 9.18 Å². The molecule has 1 aromatic rings. The Bertz CT molecular complexity index is 1510. The third-order valence-corrected chi connectivity index (χ3v) is 16.2. The summed E-state index contributed by atoms with van der Waals surface area (Å²) in [5.74, 6) is 2.18. The van der Waals surface area contributed by atoms with Crippen LogP contribution in [0.25, 0.3) is 0 Å². The Kier molecular flexibility index (Phi) is 8.02. The number of carbonyl (C=O) groups excluding carboxylic acids is 1. The molecule has 7 rings (SSSR count). The van der Waals surface area contributed by atoms with E-state index < -0.39 is 0 Å². The number of carbonyl (C=O) groups is 1. The quantitative estimate of drug-likeness (QED) is 0.336. The van der Waals surface area contributed by atoms with Crippen LogP contribution in [-0.2, 0) is 11.2 Å². The molecule has 256 valence electrons. The Hall–Kier alpha value is -2.00. The van der Waals surface area contributed by atoms with Crippen molar-refractivity contribution in [3.8, 4) is 0 Å². The van der Waals surface area contributed by atoms with E-state index in [0.29, 0.717) is 30.0 Å². The van der Waals surface area contributed by atoms with Gasteiger partial charge in [-0.1, -0.05) is 96.5 Å². The summed E-state index contributed by atoms with van der Waals surface area (Å²) < 4.78 is 14.7. The molecule has 0 unspecified atom stereocenters. The average molecular weight is 641 g/mol. The molecular formula is C44H61FO2. The van der Waals surface area contributed by atoms with E-state index >= 15 is 0 Å². The second-order valence-electron chi connectivity index (χ2n) is 18.9. The summed E-state index contributed by atoms with van der Waals surface area (Å²) in [7, 11) is 0. The van der Waals surface area contributed by atoms with Gasteiger partial charge in [-0.05, 0) is 138 Å². The Labute approximate surface area is 284 Å². The predicted octanol–water partition coefficient (Wildman–Crippen LogP) is 10.8. The molecule has 0 amide bonds. The highest BCUT2D eigenvalue weighted by Gasteiger charge is 2.69. The number of benzene rings is 1. The lowest BCUT2D eigenvalue weighted by Gasteiger charge is -2.71. The first kappa shape index (κ1) is 33.5. The van der Waals surface area contributed by atoms with Gasteiger partial charge in [-0.15, -0.1) is 0 Å². The van der Waals surface area contributed by atoms with Crippen LogP contribution < -0.4 is 0 Å². The van der Waals surface area contributed by atoms with Crippen molar-refractivity contribution in [3.63, 3.8) is 0 Å². The van der Waals surface area contributed by atoms with E-state index in [1.54, 1.807) is 5.57 Å². The molecule has 6 aliphatic carbocycles. The van der Waals surface area contributed by atoms with Gasteiger partial charge < -0.3 is 5.11 Å². The van der Waals surface area contributed by atoms with Crippen LogP contribution in [0, 0.1) is 56.2 Å². The first-order chi connectivity index (χ1) is 22.2. The highest BCUT2D eigenvalue weighted by atomic mass is 19.1. The van der Waals surface area contributed by atoms with E-state index in [1.807, 2.05) is 6.07 Å². The SMILES string of the molecule is CC(C)C1=C2[C@H]3CC[C@@H]4[C@@]5(C)CC=C(C6=CC[C@](CF)(Cc7ccccc7)CC6)C(C)(C)[C@@H]5CC[C@@]4(C)[C@]3(C)CC[C@@]2(CO)CC1=O. The summed E-state index contributed by atoms with van der Waals surface area (Å²) in [6, 6.07) is 10.5. The summed E-state index contributed by atoms with van der Waals surface area (Å²) in [6.07, 6.45) is 17.2. The third-order valence-electron chi connectivity index (χ3n) is 16.2. The van der Waals surface area contributed by atoms with E-state index in [-0.39, 0.29) is 51.7 Å². The predicted molar refractivity (Wildman–Crippen MR) is 190 cm³/mol. The lowest BCUT2D eigenvalue weighted by Crippen LogP contribution is -2.64. The van der Waals surface area contributed by atoms with Gasteiger partial charge in [0.1, 0.15) is 0 Å². The molecule has 6 aliphatic rings. The number of aliphatic hydroxyl groups is 1. The van der Waals surface area contributed by atoms with Crippen molar-refractivity contribution in [1.82, 2.24) is 0 Å². The van der Waals surface area contributed by atoms with Crippen LogP contribution in [0.3, 0.4) is 0 Å². The Morgan fingerprint density at radius 1 is 0.872 bits per heavy atom. The number of hydrogen-bond donors (Lipinski definition) is 1. The van der Waals surface area contributed by atoms with Crippen LogP contribution in [0.5, 0.6) is 0 Å². The minimum absolute atomic E-state index is 0.0802. The first-order valence-electron chi connectivity index (χ1n) is 19.1. The number of ketones is 1. The number of rotatable bonds is 6. The van der Waals surface area contributed by atoms with E-state index in [4.69, 9.17) is 0 Å². The fourth-order valence-corrected chi connectivity index (χ4v) is 13.6. The Balaban J connectivity index is 1.19. The molecule has 0 spiro atoms. The molecule has 3 heteroatoms. The van der Waals surface area contributed by atoms with E-state index in [2.05, 4.69) is 84.9 Å². The molecule has 0 radical (unpaired) electrons. The van der Waals surface area contributed by atoms with Gasteiger partial charge in [0.05, 0.1) is 13.3 Å².